The Balaban J connectivity index is 2.36. The van der Waals surface area contributed by atoms with Crippen molar-refractivity contribution in [1.82, 2.24) is 9.97 Å². The molecule has 0 saturated heterocycles. The van der Waals surface area contributed by atoms with E-state index in [9.17, 15) is 14.7 Å². The highest BCUT2D eigenvalue weighted by atomic mass is 32.1. The van der Waals surface area contributed by atoms with Crippen molar-refractivity contribution in [3.05, 3.63) is 66.0 Å². The predicted octanol–water partition coefficient (Wildman–Crippen LogP) is 3.03. The number of aliphatic carboxylic acids is 1. The molecule has 0 bridgehead atoms. The van der Waals surface area contributed by atoms with Gasteiger partial charge in [0.2, 0.25) is 5.12 Å². The number of aromatic nitrogens is 2. The van der Waals surface area contributed by atoms with E-state index in [0.717, 1.165) is 5.52 Å². The van der Waals surface area contributed by atoms with Crippen molar-refractivity contribution in [2.24, 2.45) is 5.92 Å². The van der Waals surface area contributed by atoms with Crippen LogP contribution in [0.2, 0.25) is 0 Å². The number of carboxylic acid groups (broad SMARTS) is 1. The number of para-hydroxylation sites is 2. The van der Waals surface area contributed by atoms with E-state index in [1.54, 1.807) is 36.4 Å². The molecule has 0 fully saturated rings. The molecule has 1 heterocycles. The maximum Gasteiger partial charge on any atom is 0.308 e. The fourth-order valence-electron chi connectivity index (χ4n) is 3.03. The first-order valence-corrected chi connectivity index (χ1v) is 7.89. The summed E-state index contributed by atoms with van der Waals surface area (Å²) in [5.41, 5.74) is 0.439. The Morgan fingerprint density at radius 3 is 2.33 bits per heavy atom. The molecule has 3 rings (SSSR count). The van der Waals surface area contributed by atoms with Crippen LogP contribution in [0.15, 0.2) is 54.6 Å². The number of carbonyl (C=O) groups is 2. The van der Waals surface area contributed by atoms with Crippen molar-refractivity contribution in [1.29, 1.82) is 0 Å². The summed E-state index contributed by atoms with van der Waals surface area (Å²) in [6, 6.07) is 16.1. The van der Waals surface area contributed by atoms with Crippen molar-refractivity contribution < 1.29 is 14.7 Å². The summed E-state index contributed by atoms with van der Waals surface area (Å²) in [6.07, 6.45) is 0. The number of aromatic amines is 1. The number of carbonyl (C=O) groups excluding carboxylic acids is 1. The van der Waals surface area contributed by atoms with Gasteiger partial charge in [0.05, 0.1) is 17.0 Å². The van der Waals surface area contributed by atoms with E-state index in [1.165, 1.54) is 6.92 Å². The standard InChI is InChI=1S/C18H16N2O3S/c1-11(15(21)22)18(17(23)24,12-7-3-2-4-8-12)16-19-13-9-5-6-10-14(13)20-16/h2-11H,1H3,(H,19,20)(H,21,22)(H,23,24). The van der Waals surface area contributed by atoms with Crippen molar-refractivity contribution in [2.45, 2.75) is 12.3 Å². The van der Waals surface area contributed by atoms with Crippen LogP contribution < -0.4 is 0 Å². The summed E-state index contributed by atoms with van der Waals surface area (Å²) < 4.78 is 0. The molecule has 0 saturated carbocycles. The molecule has 2 atom stereocenters. The number of fused-ring (bicyclic) bond motifs is 1. The summed E-state index contributed by atoms with van der Waals surface area (Å²) >= 11 is 4.05. The molecule has 1 aromatic heterocycles. The summed E-state index contributed by atoms with van der Waals surface area (Å²) in [5.74, 6) is -1.86. The van der Waals surface area contributed by atoms with Gasteiger partial charge >= 0.3 is 5.97 Å². The van der Waals surface area contributed by atoms with Crippen molar-refractivity contribution in [3.8, 4) is 0 Å². The zero-order valence-electron chi connectivity index (χ0n) is 12.9. The van der Waals surface area contributed by atoms with Gasteiger partial charge in [-0.2, -0.15) is 0 Å². The molecule has 0 radical (unpaired) electrons. The number of hydrogen-bond acceptors (Lipinski definition) is 3. The summed E-state index contributed by atoms with van der Waals surface area (Å²) in [5, 5.41) is 9.07. The van der Waals surface area contributed by atoms with E-state index < -0.39 is 22.4 Å². The second-order valence-corrected chi connectivity index (χ2v) is 6.05. The van der Waals surface area contributed by atoms with Gasteiger partial charge in [0.15, 0.2) is 0 Å². The highest BCUT2D eigenvalue weighted by Crippen LogP contribution is 2.40. The smallest absolute Gasteiger partial charge is 0.308 e. The highest BCUT2D eigenvalue weighted by molar-refractivity contribution is 7.96. The van der Waals surface area contributed by atoms with Crippen LogP contribution >= 0.6 is 12.6 Å². The van der Waals surface area contributed by atoms with Crippen molar-refractivity contribution in [2.75, 3.05) is 0 Å². The number of imidazole rings is 1. The van der Waals surface area contributed by atoms with Crippen LogP contribution in [-0.4, -0.2) is 26.2 Å². The van der Waals surface area contributed by atoms with Crippen LogP contribution in [0.4, 0.5) is 0 Å². The molecule has 0 spiro atoms. The molecular weight excluding hydrogens is 324 g/mol. The van der Waals surface area contributed by atoms with Crippen LogP contribution in [0.5, 0.6) is 0 Å². The van der Waals surface area contributed by atoms with Crippen LogP contribution in [-0.2, 0) is 15.0 Å². The van der Waals surface area contributed by atoms with Gasteiger partial charge in [-0.3, -0.25) is 9.59 Å². The minimum absolute atomic E-state index is 0.282. The second-order valence-electron chi connectivity index (χ2n) is 5.64. The first-order chi connectivity index (χ1) is 11.5. The van der Waals surface area contributed by atoms with E-state index in [1.807, 2.05) is 18.2 Å². The van der Waals surface area contributed by atoms with Crippen LogP contribution in [0.25, 0.3) is 11.0 Å². The molecule has 2 N–H and O–H groups in total. The van der Waals surface area contributed by atoms with Gasteiger partial charge in [0, 0.05) is 0 Å². The third kappa shape index (κ3) is 2.39. The Morgan fingerprint density at radius 1 is 1.12 bits per heavy atom. The summed E-state index contributed by atoms with van der Waals surface area (Å²) in [7, 11) is 0. The highest BCUT2D eigenvalue weighted by Gasteiger charge is 2.51. The molecule has 0 aliphatic heterocycles. The number of hydrogen-bond donors (Lipinski definition) is 3. The van der Waals surface area contributed by atoms with E-state index >= 15 is 0 Å². The largest absolute Gasteiger partial charge is 0.481 e. The first-order valence-electron chi connectivity index (χ1n) is 7.45. The lowest BCUT2D eigenvalue weighted by Gasteiger charge is -2.32. The maximum absolute atomic E-state index is 12.6. The van der Waals surface area contributed by atoms with Gasteiger partial charge in [0.25, 0.3) is 0 Å². The lowest BCUT2D eigenvalue weighted by Crippen LogP contribution is -2.45. The third-order valence-electron chi connectivity index (χ3n) is 4.35. The summed E-state index contributed by atoms with van der Waals surface area (Å²) in [6.45, 7) is 1.50. The Kier molecular flexibility index (Phi) is 4.15. The minimum Gasteiger partial charge on any atom is -0.481 e. The quantitative estimate of drug-likeness (QED) is 0.624. The van der Waals surface area contributed by atoms with Crippen molar-refractivity contribution in [3.63, 3.8) is 0 Å². The van der Waals surface area contributed by atoms with Gasteiger partial charge < -0.3 is 10.1 Å². The number of rotatable bonds is 5. The van der Waals surface area contributed by atoms with Gasteiger partial charge in [-0.1, -0.05) is 49.4 Å². The number of nitrogens with one attached hydrogen (secondary N) is 1. The van der Waals surface area contributed by atoms with E-state index in [-0.39, 0.29) is 5.82 Å². The lowest BCUT2D eigenvalue weighted by atomic mass is 9.71. The van der Waals surface area contributed by atoms with Gasteiger partial charge in [-0.05, 0) is 17.7 Å². The lowest BCUT2D eigenvalue weighted by molar-refractivity contribution is -0.145. The van der Waals surface area contributed by atoms with E-state index in [2.05, 4.69) is 22.6 Å². The fraction of sp³-hybridized carbons (Fsp3) is 0.167. The SMILES string of the molecule is CC(C(=O)O)C(C(=O)S)(c1ccccc1)c1nc2ccccc2[nH]1. The number of H-pyrrole nitrogens is 1. The molecule has 0 aliphatic carbocycles. The first kappa shape index (κ1) is 16.3. The normalized spacial score (nSPS) is 14.9. The van der Waals surface area contributed by atoms with E-state index in [4.69, 9.17) is 0 Å². The van der Waals surface area contributed by atoms with Crippen LogP contribution in [0.1, 0.15) is 18.3 Å². The molecule has 2 aromatic carbocycles. The maximum atomic E-state index is 12.6. The Morgan fingerprint density at radius 2 is 1.75 bits per heavy atom. The second kappa shape index (κ2) is 6.13. The Bertz CT molecular complexity index is 874. The fourth-order valence-corrected chi connectivity index (χ4v) is 3.46. The topological polar surface area (TPSA) is 83.0 Å². The molecule has 122 valence electrons. The monoisotopic (exact) mass is 340 g/mol. The zero-order chi connectivity index (χ0) is 17.3. The molecule has 3 aromatic rings. The minimum atomic E-state index is -1.50. The van der Waals surface area contributed by atoms with Crippen LogP contribution in [0.3, 0.4) is 0 Å². The average molecular weight is 340 g/mol. The van der Waals surface area contributed by atoms with Crippen LogP contribution in [0, 0.1) is 5.92 Å². The molecule has 5 nitrogen and oxygen atoms in total. The molecule has 6 heteroatoms. The zero-order valence-corrected chi connectivity index (χ0v) is 13.8. The average Bonchev–Trinajstić information content (AvgIpc) is 3.00. The molecule has 24 heavy (non-hydrogen) atoms. The van der Waals surface area contributed by atoms with E-state index in [0.29, 0.717) is 11.1 Å². The Labute approximate surface area is 144 Å². The number of carboxylic acids is 1. The Hall–Kier alpha value is -2.60. The van der Waals surface area contributed by atoms with Crippen molar-refractivity contribution >= 4 is 34.7 Å². The number of nitrogens with zero attached hydrogens (tertiary/aromatic N) is 1. The number of benzene rings is 2. The molecular formula is C18H16N2O3S. The van der Waals surface area contributed by atoms with Gasteiger partial charge in [-0.25, -0.2) is 4.98 Å². The molecule has 0 amide bonds. The van der Waals surface area contributed by atoms with Gasteiger partial charge in [0.1, 0.15) is 11.2 Å². The predicted molar refractivity (Wildman–Crippen MR) is 94.1 cm³/mol. The number of thiol groups is 1. The molecule has 2 unspecified atom stereocenters. The summed E-state index contributed by atoms with van der Waals surface area (Å²) in [4.78, 5) is 32.0. The molecule has 0 aliphatic rings. The third-order valence-corrected chi connectivity index (χ3v) is 4.70. The van der Waals surface area contributed by atoms with Gasteiger partial charge in [-0.15, -0.1) is 12.6 Å².